The summed E-state index contributed by atoms with van der Waals surface area (Å²) in [7, 11) is 0. The van der Waals surface area contributed by atoms with Gasteiger partial charge >= 0.3 is 0 Å². The second-order valence-electron chi connectivity index (χ2n) is 5.93. The largest absolute Gasteiger partial charge is 0.381 e. The highest BCUT2D eigenvalue weighted by Crippen LogP contribution is 2.33. The molecule has 0 saturated carbocycles. The summed E-state index contributed by atoms with van der Waals surface area (Å²) in [6.45, 7) is 9.32. The fraction of sp³-hybridized carbons (Fsp3) is 0.929. The van der Waals surface area contributed by atoms with Crippen LogP contribution in [0.1, 0.15) is 40.0 Å². The molecule has 3 N–H and O–H groups in total. The molecular weight excluding hydrogens is 228 g/mol. The molecule has 1 amide bonds. The fourth-order valence-corrected chi connectivity index (χ4v) is 2.54. The van der Waals surface area contributed by atoms with Crippen molar-refractivity contribution in [1.82, 2.24) is 5.32 Å². The van der Waals surface area contributed by atoms with E-state index in [2.05, 4.69) is 19.2 Å². The first-order chi connectivity index (χ1) is 8.51. The van der Waals surface area contributed by atoms with Gasteiger partial charge in [0, 0.05) is 32.2 Å². The van der Waals surface area contributed by atoms with Crippen LogP contribution in [0.15, 0.2) is 0 Å². The van der Waals surface area contributed by atoms with Crippen molar-refractivity contribution in [3.63, 3.8) is 0 Å². The van der Waals surface area contributed by atoms with Crippen molar-refractivity contribution in [2.24, 2.45) is 23.0 Å². The van der Waals surface area contributed by atoms with Crippen molar-refractivity contribution < 1.29 is 9.53 Å². The molecule has 4 heteroatoms. The van der Waals surface area contributed by atoms with Crippen LogP contribution in [-0.2, 0) is 9.53 Å². The van der Waals surface area contributed by atoms with E-state index in [9.17, 15) is 4.79 Å². The predicted octanol–water partition coefficient (Wildman–Crippen LogP) is 1.54. The molecular formula is C14H28N2O2. The summed E-state index contributed by atoms with van der Waals surface area (Å²) in [6.07, 6.45) is 2.99. The second kappa shape index (κ2) is 7.10. The molecule has 0 radical (unpaired) electrons. The van der Waals surface area contributed by atoms with Crippen molar-refractivity contribution in [3.8, 4) is 0 Å². The van der Waals surface area contributed by atoms with Crippen LogP contribution >= 0.6 is 0 Å². The molecule has 1 heterocycles. The van der Waals surface area contributed by atoms with Gasteiger partial charge in [-0.1, -0.05) is 20.8 Å². The van der Waals surface area contributed by atoms with E-state index in [-0.39, 0.29) is 17.2 Å². The highest BCUT2D eigenvalue weighted by molar-refractivity contribution is 5.78. The molecule has 1 rings (SSSR count). The fourth-order valence-electron chi connectivity index (χ4n) is 2.54. The van der Waals surface area contributed by atoms with Crippen molar-refractivity contribution in [1.29, 1.82) is 0 Å². The molecule has 0 spiro atoms. The molecule has 1 aliphatic heterocycles. The lowest BCUT2D eigenvalue weighted by molar-refractivity contribution is -0.125. The highest BCUT2D eigenvalue weighted by Gasteiger charge is 2.31. The summed E-state index contributed by atoms with van der Waals surface area (Å²) in [6, 6.07) is 0. The predicted molar refractivity (Wildman–Crippen MR) is 73.2 cm³/mol. The van der Waals surface area contributed by atoms with Crippen LogP contribution in [0.5, 0.6) is 0 Å². The summed E-state index contributed by atoms with van der Waals surface area (Å²) < 4.78 is 5.39. The molecule has 0 aliphatic carbocycles. The Hall–Kier alpha value is -0.610. The van der Waals surface area contributed by atoms with Crippen molar-refractivity contribution in [2.45, 2.75) is 40.0 Å². The lowest BCUT2D eigenvalue weighted by Crippen LogP contribution is -2.43. The summed E-state index contributed by atoms with van der Waals surface area (Å²) in [4.78, 5) is 11.9. The Kier molecular flexibility index (Phi) is 6.09. The van der Waals surface area contributed by atoms with Crippen LogP contribution in [0, 0.1) is 17.3 Å². The molecule has 106 valence electrons. The number of rotatable bonds is 6. The molecule has 4 nitrogen and oxygen atoms in total. The maximum atomic E-state index is 11.9. The minimum atomic E-state index is -0.0458. The number of nitrogens with one attached hydrogen (secondary N) is 1. The zero-order valence-corrected chi connectivity index (χ0v) is 12.0. The average Bonchev–Trinajstić information content (AvgIpc) is 2.39. The van der Waals surface area contributed by atoms with Crippen LogP contribution in [0.3, 0.4) is 0 Å². The van der Waals surface area contributed by atoms with Crippen LogP contribution < -0.4 is 11.1 Å². The summed E-state index contributed by atoms with van der Waals surface area (Å²) in [5.74, 6) is 0.681. The average molecular weight is 256 g/mol. The van der Waals surface area contributed by atoms with E-state index in [1.165, 1.54) is 0 Å². The highest BCUT2D eigenvalue weighted by atomic mass is 16.5. The molecule has 1 fully saturated rings. The molecule has 1 atom stereocenters. The Morgan fingerprint density at radius 3 is 2.56 bits per heavy atom. The van der Waals surface area contributed by atoms with Gasteiger partial charge in [0.15, 0.2) is 0 Å². The third-order valence-electron chi connectivity index (χ3n) is 4.19. The minimum absolute atomic E-state index is 0.0458. The van der Waals surface area contributed by atoms with Gasteiger partial charge in [-0.3, -0.25) is 4.79 Å². The number of hydrogen-bond donors (Lipinski definition) is 2. The maximum absolute atomic E-state index is 11.9. The van der Waals surface area contributed by atoms with Crippen LogP contribution in [0.25, 0.3) is 0 Å². The standard InChI is InChI=1S/C14H28N2O2/c1-4-11(9-15)13(17)16-10-14(2,3)12-5-7-18-8-6-12/h11-12H,4-10,15H2,1-3H3,(H,16,17). The Morgan fingerprint density at radius 2 is 2.06 bits per heavy atom. The van der Waals surface area contributed by atoms with E-state index in [0.29, 0.717) is 12.5 Å². The van der Waals surface area contributed by atoms with Gasteiger partial charge < -0.3 is 15.8 Å². The first kappa shape index (κ1) is 15.4. The monoisotopic (exact) mass is 256 g/mol. The first-order valence-corrected chi connectivity index (χ1v) is 7.06. The summed E-state index contributed by atoms with van der Waals surface area (Å²) in [5, 5.41) is 3.06. The normalized spacial score (nSPS) is 19.6. The quantitative estimate of drug-likeness (QED) is 0.757. The lowest BCUT2D eigenvalue weighted by Gasteiger charge is -2.37. The first-order valence-electron chi connectivity index (χ1n) is 7.06. The SMILES string of the molecule is CCC(CN)C(=O)NCC(C)(C)C1CCOCC1. The van der Waals surface area contributed by atoms with Gasteiger partial charge in [-0.2, -0.15) is 0 Å². The number of carbonyl (C=O) groups excluding carboxylic acids is 1. The van der Waals surface area contributed by atoms with Gasteiger partial charge in [0.1, 0.15) is 0 Å². The second-order valence-corrected chi connectivity index (χ2v) is 5.93. The van der Waals surface area contributed by atoms with Crippen molar-refractivity contribution in [3.05, 3.63) is 0 Å². The third-order valence-corrected chi connectivity index (χ3v) is 4.19. The Balaban J connectivity index is 2.42. The van der Waals surface area contributed by atoms with E-state index < -0.39 is 0 Å². The van der Waals surface area contributed by atoms with Crippen molar-refractivity contribution in [2.75, 3.05) is 26.3 Å². The number of nitrogens with two attached hydrogens (primary N) is 1. The van der Waals surface area contributed by atoms with Crippen LogP contribution in [0.4, 0.5) is 0 Å². The summed E-state index contributed by atoms with van der Waals surface area (Å²) >= 11 is 0. The molecule has 18 heavy (non-hydrogen) atoms. The number of carbonyl (C=O) groups is 1. The van der Waals surface area contributed by atoms with E-state index in [0.717, 1.165) is 39.0 Å². The smallest absolute Gasteiger partial charge is 0.224 e. The number of ether oxygens (including phenoxy) is 1. The molecule has 1 saturated heterocycles. The van der Waals surface area contributed by atoms with Gasteiger partial charge in [-0.15, -0.1) is 0 Å². The van der Waals surface area contributed by atoms with Gasteiger partial charge in [-0.25, -0.2) is 0 Å². The van der Waals surface area contributed by atoms with E-state index in [1.807, 2.05) is 6.92 Å². The topological polar surface area (TPSA) is 64.4 Å². The van der Waals surface area contributed by atoms with Crippen LogP contribution in [0.2, 0.25) is 0 Å². The van der Waals surface area contributed by atoms with Gasteiger partial charge in [0.2, 0.25) is 5.91 Å². The summed E-state index contributed by atoms with van der Waals surface area (Å²) in [5.41, 5.74) is 5.72. The third kappa shape index (κ3) is 4.25. The molecule has 0 aromatic carbocycles. The molecule has 0 aromatic heterocycles. The van der Waals surface area contributed by atoms with Gasteiger partial charge in [0.25, 0.3) is 0 Å². The van der Waals surface area contributed by atoms with Crippen LogP contribution in [-0.4, -0.2) is 32.2 Å². The van der Waals surface area contributed by atoms with E-state index in [4.69, 9.17) is 10.5 Å². The number of hydrogen-bond acceptors (Lipinski definition) is 3. The maximum Gasteiger partial charge on any atom is 0.224 e. The Labute approximate surface area is 111 Å². The van der Waals surface area contributed by atoms with Gasteiger partial charge in [-0.05, 0) is 30.6 Å². The Morgan fingerprint density at radius 1 is 1.44 bits per heavy atom. The molecule has 1 aliphatic rings. The Bertz CT molecular complexity index is 257. The zero-order valence-electron chi connectivity index (χ0n) is 12.0. The minimum Gasteiger partial charge on any atom is -0.381 e. The number of amides is 1. The molecule has 0 bridgehead atoms. The lowest BCUT2D eigenvalue weighted by atomic mass is 9.74. The van der Waals surface area contributed by atoms with E-state index >= 15 is 0 Å². The molecule has 0 aromatic rings. The van der Waals surface area contributed by atoms with Gasteiger partial charge in [0.05, 0.1) is 0 Å². The van der Waals surface area contributed by atoms with E-state index in [1.54, 1.807) is 0 Å². The molecule has 1 unspecified atom stereocenters. The van der Waals surface area contributed by atoms with Crippen molar-refractivity contribution >= 4 is 5.91 Å². The zero-order chi connectivity index (χ0) is 13.6.